The summed E-state index contributed by atoms with van der Waals surface area (Å²) in [5, 5.41) is 3.70. The van der Waals surface area contributed by atoms with E-state index in [4.69, 9.17) is 11.6 Å². The van der Waals surface area contributed by atoms with Crippen LogP contribution >= 0.6 is 11.6 Å². The Morgan fingerprint density at radius 2 is 1.95 bits per heavy atom. The lowest BCUT2D eigenvalue weighted by atomic mass is 9.97. The third-order valence-electron chi connectivity index (χ3n) is 3.72. The first kappa shape index (κ1) is 15.8. The molecule has 1 saturated heterocycles. The van der Waals surface area contributed by atoms with E-state index < -0.39 is 0 Å². The second kappa shape index (κ2) is 6.94. The van der Waals surface area contributed by atoms with Gasteiger partial charge in [0.05, 0.1) is 6.04 Å². The van der Waals surface area contributed by atoms with E-state index in [0.29, 0.717) is 19.5 Å². The lowest BCUT2D eigenvalue weighted by Gasteiger charge is -2.39. The second-order valence-electron chi connectivity index (χ2n) is 5.83. The molecule has 1 aliphatic heterocycles. The number of halogens is 1. The van der Waals surface area contributed by atoms with Crippen molar-refractivity contribution < 1.29 is 9.59 Å². The molecule has 0 radical (unpaired) electrons. The van der Waals surface area contributed by atoms with E-state index in [2.05, 4.69) is 12.2 Å². The van der Waals surface area contributed by atoms with E-state index in [0.717, 1.165) is 11.4 Å². The first-order valence-electron chi connectivity index (χ1n) is 7.23. The zero-order valence-electron chi connectivity index (χ0n) is 12.4. The highest BCUT2D eigenvalue weighted by atomic mass is 35.5. The van der Waals surface area contributed by atoms with E-state index in [1.807, 2.05) is 24.3 Å². The first-order valence-corrected chi connectivity index (χ1v) is 7.61. The van der Waals surface area contributed by atoms with Crippen molar-refractivity contribution in [1.29, 1.82) is 0 Å². The number of carbonyl (C=O) groups excluding carboxylic acids is 2. The summed E-state index contributed by atoms with van der Waals surface area (Å²) in [5.41, 5.74) is 1.19. The molecular weight excluding hydrogens is 288 g/mol. The highest BCUT2D eigenvalue weighted by Gasteiger charge is 2.29. The lowest BCUT2D eigenvalue weighted by molar-refractivity contribution is -0.136. The first-order chi connectivity index (χ1) is 9.94. The normalized spacial score (nSPS) is 16.2. The predicted molar refractivity (Wildman–Crippen MR) is 83.1 cm³/mol. The summed E-state index contributed by atoms with van der Waals surface area (Å²) < 4.78 is 0. The van der Waals surface area contributed by atoms with Crippen LogP contribution in [0.2, 0.25) is 5.02 Å². The van der Waals surface area contributed by atoms with Crippen LogP contribution in [-0.2, 0) is 16.0 Å². The number of nitrogens with one attached hydrogen (secondary N) is 1. The molecule has 0 saturated carbocycles. The Labute approximate surface area is 130 Å². The molecule has 1 unspecified atom stereocenters. The van der Waals surface area contributed by atoms with Gasteiger partial charge in [0, 0.05) is 31.5 Å². The molecule has 2 amide bonds. The van der Waals surface area contributed by atoms with Crippen molar-refractivity contribution in [2.45, 2.75) is 32.7 Å². The Kier molecular flexibility index (Phi) is 5.23. The molecule has 5 heteroatoms. The molecule has 114 valence electrons. The van der Waals surface area contributed by atoms with Gasteiger partial charge >= 0.3 is 0 Å². The molecule has 1 aliphatic rings. The minimum absolute atomic E-state index is 0.0599. The van der Waals surface area contributed by atoms with Gasteiger partial charge in [-0.15, -0.1) is 0 Å². The van der Waals surface area contributed by atoms with Gasteiger partial charge in [-0.1, -0.05) is 30.7 Å². The maximum absolute atomic E-state index is 11.9. The van der Waals surface area contributed by atoms with E-state index in [9.17, 15) is 9.59 Å². The SMILES string of the molecule is CC(=O)N1CC(NC(=O)CC(C)Cc2ccc(Cl)cc2)C1. The van der Waals surface area contributed by atoms with Crippen LogP contribution in [0.5, 0.6) is 0 Å². The van der Waals surface area contributed by atoms with Gasteiger partial charge in [-0.25, -0.2) is 0 Å². The highest BCUT2D eigenvalue weighted by Crippen LogP contribution is 2.16. The zero-order valence-corrected chi connectivity index (χ0v) is 13.2. The number of amides is 2. The molecule has 0 bridgehead atoms. The molecule has 1 aromatic rings. The fourth-order valence-electron chi connectivity index (χ4n) is 2.53. The fourth-order valence-corrected chi connectivity index (χ4v) is 2.65. The summed E-state index contributed by atoms with van der Waals surface area (Å²) >= 11 is 5.85. The van der Waals surface area contributed by atoms with Crippen LogP contribution in [0.15, 0.2) is 24.3 Å². The van der Waals surface area contributed by atoms with Crippen molar-refractivity contribution in [1.82, 2.24) is 10.2 Å². The van der Waals surface area contributed by atoms with Gasteiger partial charge < -0.3 is 10.2 Å². The number of hydrogen-bond donors (Lipinski definition) is 1. The molecule has 0 aliphatic carbocycles. The highest BCUT2D eigenvalue weighted by molar-refractivity contribution is 6.30. The van der Waals surface area contributed by atoms with Crippen LogP contribution in [0.25, 0.3) is 0 Å². The van der Waals surface area contributed by atoms with Crippen molar-refractivity contribution in [3.8, 4) is 0 Å². The van der Waals surface area contributed by atoms with Crippen LogP contribution in [0.1, 0.15) is 25.8 Å². The maximum Gasteiger partial charge on any atom is 0.220 e. The number of rotatable bonds is 5. The number of carbonyl (C=O) groups is 2. The third kappa shape index (κ3) is 4.74. The molecule has 1 atom stereocenters. The summed E-state index contributed by atoms with van der Waals surface area (Å²) in [6.07, 6.45) is 1.36. The molecule has 1 aromatic carbocycles. The quantitative estimate of drug-likeness (QED) is 0.907. The molecule has 4 nitrogen and oxygen atoms in total. The summed E-state index contributed by atoms with van der Waals surface area (Å²) in [5.74, 6) is 0.399. The Balaban J connectivity index is 1.70. The fraction of sp³-hybridized carbons (Fsp3) is 0.500. The van der Waals surface area contributed by atoms with Crippen molar-refractivity contribution in [2.75, 3.05) is 13.1 Å². The minimum atomic E-state index is 0.0599. The molecule has 1 N–H and O–H groups in total. The number of likely N-dealkylation sites (tertiary alicyclic amines) is 1. The molecular formula is C16H21ClN2O2. The van der Waals surface area contributed by atoms with Gasteiger partial charge in [0.1, 0.15) is 0 Å². The van der Waals surface area contributed by atoms with Crippen molar-refractivity contribution in [2.24, 2.45) is 5.92 Å². The zero-order chi connectivity index (χ0) is 15.4. The Hall–Kier alpha value is -1.55. The molecule has 2 rings (SSSR count). The van der Waals surface area contributed by atoms with Gasteiger partial charge in [0.15, 0.2) is 0 Å². The van der Waals surface area contributed by atoms with E-state index in [-0.39, 0.29) is 23.8 Å². The molecule has 1 fully saturated rings. The molecule has 0 aromatic heterocycles. The van der Waals surface area contributed by atoms with E-state index in [1.165, 1.54) is 5.56 Å². The summed E-state index contributed by atoms with van der Waals surface area (Å²) in [6, 6.07) is 7.84. The van der Waals surface area contributed by atoms with E-state index in [1.54, 1.807) is 11.8 Å². The Bertz CT molecular complexity index is 510. The van der Waals surface area contributed by atoms with Crippen LogP contribution < -0.4 is 5.32 Å². The van der Waals surface area contributed by atoms with Crippen LogP contribution in [0.3, 0.4) is 0 Å². The summed E-state index contributed by atoms with van der Waals surface area (Å²) in [7, 11) is 0. The average Bonchev–Trinajstić information content (AvgIpc) is 2.35. The average molecular weight is 309 g/mol. The van der Waals surface area contributed by atoms with Gasteiger partial charge in [-0.2, -0.15) is 0 Å². The predicted octanol–water partition coefficient (Wildman–Crippen LogP) is 2.26. The van der Waals surface area contributed by atoms with Crippen LogP contribution in [-0.4, -0.2) is 35.8 Å². The monoisotopic (exact) mass is 308 g/mol. The summed E-state index contributed by atoms with van der Waals surface area (Å²) in [6.45, 7) is 4.88. The maximum atomic E-state index is 11.9. The number of benzene rings is 1. The lowest BCUT2D eigenvalue weighted by Crippen LogP contribution is -2.60. The van der Waals surface area contributed by atoms with Gasteiger partial charge in [0.2, 0.25) is 11.8 Å². The molecule has 0 spiro atoms. The van der Waals surface area contributed by atoms with E-state index >= 15 is 0 Å². The largest absolute Gasteiger partial charge is 0.350 e. The van der Waals surface area contributed by atoms with Crippen molar-refractivity contribution in [3.05, 3.63) is 34.9 Å². The van der Waals surface area contributed by atoms with Crippen LogP contribution in [0.4, 0.5) is 0 Å². The standard InChI is InChI=1S/C16H21ClN2O2/c1-11(7-13-3-5-14(17)6-4-13)8-16(21)18-15-9-19(10-15)12(2)20/h3-6,11,15H,7-10H2,1-2H3,(H,18,21). The topological polar surface area (TPSA) is 49.4 Å². The second-order valence-corrected chi connectivity index (χ2v) is 6.26. The van der Waals surface area contributed by atoms with Gasteiger partial charge in [-0.05, 0) is 30.0 Å². The van der Waals surface area contributed by atoms with Crippen molar-refractivity contribution in [3.63, 3.8) is 0 Å². The smallest absolute Gasteiger partial charge is 0.220 e. The Morgan fingerprint density at radius 3 is 2.52 bits per heavy atom. The van der Waals surface area contributed by atoms with Gasteiger partial charge in [-0.3, -0.25) is 9.59 Å². The van der Waals surface area contributed by atoms with Gasteiger partial charge in [0.25, 0.3) is 0 Å². The molecule has 21 heavy (non-hydrogen) atoms. The Morgan fingerprint density at radius 1 is 1.33 bits per heavy atom. The van der Waals surface area contributed by atoms with Crippen LogP contribution in [0, 0.1) is 5.92 Å². The minimum Gasteiger partial charge on any atom is -0.350 e. The number of nitrogens with zero attached hydrogens (tertiary/aromatic N) is 1. The third-order valence-corrected chi connectivity index (χ3v) is 3.98. The molecule has 1 heterocycles. The summed E-state index contributed by atoms with van der Waals surface area (Å²) in [4.78, 5) is 24.7. The number of hydrogen-bond acceptors (Lipinski definition) is 2. The van der Waals surface area contributed by atoms with Crippen molar-refractivity contribution >= 4 is 23.4 Å².